The first kappa shape index (κ1) is 17.6. The first-order valence-electron chi connectivity index (χ1n) is 10.4. The van der Waals surface area contributed by atoms with Crippen molar-refractivity contribution in [1.82, 2.24) is 25.0 Å². The molecule has 1 aliphatic carbocycles. The van der Waals surface area contributed by atoms with E-state index in [0.717, 1.165) is 36.7 Å². The van der Waals surface area contributed by atoms with Gasteiger partial charge in [0.15, 0.2) is 0 Å². The van der Waals surface area contributed by atoms with Gasteiger partial charge in [0.1, 0.15) is 0 Å². The van der Waals surface area contributed by atoms with E-state index in [1.165, 1.54) is 43.4 Å². The molecule has 1 fully saturated rings. The summed E-state index contributed by atoms with van der Waals surface area (Å²) in [6, 6.07) is 8.37. The maximum atomic E-state index is 5.76. The van der Waals surface area contributed by atoms with Crippen LogP contribution in [0.25, 0.3) is 11.4 Å². The summed E-state index contributed by atoms with van der Waals surface area (Å²) in [4.78, 5) is 15.1. The quantitative estimate of drug-likeness (QED) is 0.727. The zero-order valence-electron chi connectivity index (χ0n) is 16.4. The summed E-state index contributed by atoms with van der Waals surface area (Å²) in [5.74, 6) is 2.14. The molecular formula is C22H27N5O. The van der Waals surface area contributed by atoms with Gasteiger partial charge < -0.3 is 9.51 Å². The number of benzene rings is 1. The molecule has 1 aliphatic heterocycles. The second-order valence-corrected chi connectivity index (χ2v) is 8.30. The summed E-state index contributed by atoms with van der Waals surface area (Å²) in [6.07, 6.45) is 9.38. The van der Waals surface area contributed by atoms with Gasteiger partial charge in [-0.1, -0.05) is 54.2 Å². The van der Waals surface area contributed by atoms with Crippen LogP contribution >= 0.6 is 0 Å². The van der Waals surface area contributed by atoms with Gasteiger partial charge in [0.2, 0.25) is 11.7 Å². The average molecular weight is 377 g/mol. The number of aromatic amines is 1. The molecule has 6 heteroatoms. The van der Waals surface area contributed by atoms with Crippen LogP contribution in [-0.4, -0.2) is 31.6 Å². The molecule has 0 amide bonds. The number of fused-ring (bicyclic) bond motifs is 1. The molecule has 1 aromatic carbocycles. The molecule has 6 nitrogen and oxygen atoms in total. The summed E-state index contributed by atoms with van der Waals surface area (Å²) in [5.41, 5.74) is 4.57. The zero-order chi connectivity index (χ0) is 18.9. The molecule has 5 rings (SSSR count). The van der Waals surface area contributed by atoms with Gasteiger partial charge in [-0.3, -0.25) is 4.90 Å². The van der Waals surface area contributed by atoms with Crippen molar-refractivity contribution in [3.63, 3.8) is 0 Å². The molecule has 2 aromatic heterocycles. The second-order valence-electron chi connectivity index (χ2n) is 8.30. The largest absolute Gasteiger partial charge is 0.347 e. The van der Waals surface area contributed by atoms with Crippen LogP contribution in [0.5, 0.6) is 0 Å². The lowest BCUT2D eigenvalue weighted by molar-refractivity contribution is 0.104. The fraction of sp³-hybridized carbons (Fsp3) is 0.500. The molecule has 28 heavy (non-hydrogen) atoms. The molecule has 0 bridgehead atoms. The molecule has 0 spiro atoms. The summed E-state index contributed by atoms with van der Waals surface area (Å²) in [7, 11) is 0. The number of rotatable bonds is 4. The van der Waals surface area contributed by atoms with Gasteiger partial charge in [0.05, 0.1) is 23.8 Å². The Bertz CT molecular complexity index is 923. The molecule has 1 saturated carbocycles. The monoisotopic (exact) mass is 377 g/mol. The normalized spacial score (nSPS) is 21.0. The number of nitrogens with zero attached hydrogens (tertiary/aromatic N) is 4. The number of imidazole rings is 1. The maximum absolute atomic E-state index is 5.76. The molecule has 3 aromatic rings. The Labute approximate surface area is 165 Å². The number of hydrogen-bond acceptors (Lipinski definition) is 5. The molecule has 0 unspecified atom stereocenters. The van der Waals surface area contributed by atoms with E-state index in [-0.39, 0.29) is 6.04 Å². The van der Waals surface area contributed by atoms with Gasteiger partial charge in [0, 0.05) is 25.1 Å². The third-order valence-electron chi connectivity index (χ3n) is 6.25. The fourth-order valence-electron chi connectivity index (χ4n) is 4.61. The van der Waals surface area contributed by atoms with E-state index < -0.39 is 0 Å². The van der Waals surface area contributed by atoms with Gasteiger partial charge in [-0.25, -0.2) is 4.98 Å². The molecule has 0 saturated heterocycles. The first-order chi connectivity index (χ1) is 13.8. The molecule has 1 atom stereocenters. The van der Waals surface area contributed by atoms with E-state index in [1.54, 1.807) is 6.33 Å². The van der Waals surface area contributed by atoms with Crippen LogP contribution in [0.15, 0.2) is 35.1 Å². The highest BCUT2D eigenvalue weighted by Crippen LogP contribution is 2.35. The van der Waals surface area contributed by atoms with Crippen molar-refractivity contribution in [3.8, 4) is 11.4 Å². The van der Waals surface area contributed by atoms with Crippen LogP contribution in [0.2, 0.25) is 0 Å². The lowest BCUT2D eigenvalue weighted by Crippen LogP contribution is -2.38. The van der Waals surface area contributed by atoms with E-state index in [9.17, 15) is 0 Å². The minimum absolute atomic E-state index is 0.101. The number of nitrogens with one attached hydrogen (secondary N) is 1. The summed E-state index contributed by atoms with van der Waals surface area (Å²) in [6.45, 7) is 4.04. The Hall–Kier alpha value is -2.47. The Kier molecular flexibility index (Phi) is 4.72. The molecule has 0 radical (unpaired) electrons. The topological polar surface area (TPSA) is 70.8 Å². The molecule has 1 N–H and O–H groups in total. The van der Waals surface area contributed by atoms with E-state index in [4.69, 9.17) is 9.51 Å². The highest BCUT2D eigenvalue weighted by atomic mass is 16.5. The van der Waals surface area contributed by atoms with Crippen molar-refractivity contribution in [3.05, 3.63) is 53.4 Å². The average Bonchev–Trinajstić information content (AvgIpc) is 3.38. The summed E-state index contributed by atoms with van der Waals surface area (Å²) >= 11 is 0. The Morgan fingerprint density at radius 1 is 1.14 bits per heavy atom. The fourth-order valence-corrected chi connectivity index (χ4v) is 4.61. The van der Waals surface area contributed by atoms with E-state index in [1.807, 2.05) is 0 Å². The van der Waals surface area contributed by atoms with Crippen LogP contribution < -0.4 is 0 Å². The first-order valence-corrected chi connectivity index (χ1v) is 10.4. The maximum Gasteiger partial charge on any atom is 0.244 e. The highest BCUT2D eigenvalue weighted by molar-refractivity contribution is 5.54. The van der Waals surface area contributed by atoms with E-state index >= 15 is 0 Å². The van der Waals surface area contributed by atoms with Crippen molar-refractivity contribution < 1.29 is 4.52 Å². The third kappa shape index (κ3) is 3.49. The molecule has 146 valence electrons. The number of aryl methyl sites for hydroxylation is 1. The van der Waals surface area contributed by atoms with E-state index in [0.29, 0.717) is 11.7 Å². The van der Waals surface area contributed by atoms with Crippen LogP contribution in [0.1, 0.15) is 61.0 Å². The number of H-pyrrole nitrogens is 1. The van der Waals surface area contributed by atoms with E-state index in [2.05, 4.69) is 51.2 Å². The minimum atomic E-state index is 0.101. The Morgan fingerprint density at radius 3 is 2.79 bits per heavy atom. The Balaban J connectivity index is 1.41. The molecular weight excluding hydrogens is 350 g/mol. The lowest BCUT2D eigenvalue weighted by atomic mass is 9.88. The van der Waals surface area contributed by atoms with Gasteiger partial charge in [-0.2, -0.15) is 4.98 Å². The van der Waals surface area contributed by atoms with Crippen LogP contribution in [0.4, 0.5) is 0 Å². The van der Waals surface area contributed by atoms with Crippen molar-refractivity contribution in [2.75, 3.05) is 6.54 Å². The van der Waals surface area contributed by atoms with Gasteiger partial charge in [-0.05, 0) is 25.7 Å². The number of hydrogen-bond donors (Lipinski definition) is 1. The summed E-state index contributed by atoms with van der Waals surface area (Å²) < 4.78 is 5.76. The third-order valence-corrected chi connectivity index (χ3v) is 6.25. The van der Waals surface area contributed by atoms with Gasteiger partial charge >= 0.3 is 0 Å². The molecule has 3 heterocycles. The number of aromatic nitrogens is 4. The SMILES string of the molecule is Cc1ccc(-c2noc([C@@H]3Cc4nc[nH]c4CN3CC3CCCCC3)n2)cc1. The predicted octanol–water partition coefficient (Wildman–Crippen LogP) is 4.45. The van der Waals surface area contributed by atoms with Crippen LogP contribution in [0.3, 0.4) is 0 Å². The lowest BCUT2D eigenvalue weighted by Gasteiger charge is -2.36. The van der Waals surface area contributed by atoms with Crippen molar-refractivity contribution >= 4 is 0 Å². The minimum Gasteiger partial charge on any atom is -0.347 e. The standard InChI is InChI=1S/C22H27N5O/c1-15-7-9-17(10-8-15)21-25-22(28-26-21)20-11-18-19(24-14-23-18)13-27(20)12-16-5-3-2-4-6-16/h7-10,14,16,20H,2-6,11-13H2,1H3,(H,23,24)/t20-/m0/s1. The van der Waals surface area contributed by atoms with Crippen LogP contribution in [-0.2, 0) is 13.0 Å². The van der Waals surface area contributed by atoms with Crippen LogP contribution in [0, 0.1) is 12.8 Å². The smallest absolute Gasteiger partial charge is 0.244 e. The predicted molar refractivity (Wildman–Crippen MR) is 106 cm³/mol. The van der Waals surface area contributed by atoms with Crippen molar-refractivity contribution in [2.24, 2.45) is 5.92 Å². The molecule has 2 aliphatic rings. The van der Waals surface area contributed by atoms with Crippen molar-refractivity contribution in [2.45, 2.75) is 58.0 Å². The second kappa shape index (κ2) is 7.51. The van der Waals surface area contributed by atoms with Crippen molar-refractivity contribution in [1.29, 1.82) is 0 Å². The zero-order valence-corrected chi connectivity index (χ0v) is 16.4. The Morgan fingerprint density at radius 2 is 1.96 bits per heavy atom. The highest BCUT2D eigenvalue weighted by Gasteiger charge is 2.34. The van der Waals surface area contributed by atoms with Gasteiger partial charge in [-0.15, -0.1) is 0 Å². The van der Waals surface area contributed by atoms with Gasteiger partial charge in [0.25, 0.3) is 0 Å². The summed E-state index contributed by atoms with van der Waals surface area (Å²) in [5, 5.41) is 4.28.